The summed E-state index contributed by atoms with van der Waals surface area (Å²) in [5.74, 6) is 1.22. The average molecular weight is 173 g/mol. The Labute approximate surface area is 76.2 Å². The third-order valence-electron chi connectivity index (χ3n) is 1.48. The van der Waals surface area contributed by atoms with Crippen LogP contribution in [0.15, 0.2) is 0 Å². The summed E-state index contributed by atoms with van der Waals surface area (Å²) in [7, 11) is 0. The first-order chi connectivity index (χ1) is 5.48. The number of hydrogen-bond donors (Lipinski definition) is 0. The topological polar surface area (TPSA) is 18.5 Å². The quantitative estimate of drug-likeness (QED) is 0.454. The molecule has 0 aromatic heterocycles. The summed E-state index contributed by atoms with van der Waals surface area (Å²) in [6, 6.07) is 0. The van der Waals surface area contributed by atoms with Crippen molar-refractivity contribution in [2.45, 2.75) is 53.1 Å². The molecule has 0 saturated heterocycles. The fourth-order valence-corrected chi connectivity index (χ4v) is 0.951. The molecular weight excluding hydrogens is 152 g/mol. The molecule has 2 nitrogen and oxygen atoms in total. The fourth-order valence-electron chi connectivity index (χ4n) is 0.951. The maximum Gasteiger partial charge on any atom is 0.0980 e. The molecule has 0 aromatic carbocycles. The summed E-state index contributed by atoms with van der Waals surface area (Å²) in [6.07, 6.45) is 2.14. The highest BCUT2D eigenvalue weighted by atomic mass is 17.2. The maximum absolute atomic E-state index is 5.26. The van der Waals surface area contributed by atoms with E-state index in [1.54, 1.807) is 0 Å². The lowest BCUT2D eigenvalue weighted by molar-refractivity contribution is -0.351. The van der Waals surface area contributed by atoms with E-state index in [4.69, 9.17) is 9.78 Å². The lowest BCUT2D eigenvalue weighted by Gasteiger charge is -2.23. The highest BCUT2D eigenvalue weighted by Crippen LogP contribution is 2.17. The Morgan fingerprint density at radius 3 is 2.25 bits per heavy atom. The zero-order valence-electron chi connectivity index (χ0n) is 8.94. The highest BCUT2D eigenvalue weighted by molar-refractivity contribution is 4.74. The Bertz CT molecular complexity index is 108. The molecule has 12 heavy (non-hydrogen) atoms. The van der Waals surface area contributed by atoms with Crippen molar-refractivity contribution in [3.63, 3.8) is 0 Å². The minimum absolute atomic E-state index is 0.149. The van der Waals surface area contributed by atoms with Crippen molar-refractivity contribution in [3.05, 3.63) is 5.92 Å². The van der Waals surface area contributed by atoms with E-state index in [1.165, 1.54) is 5.92 Å². The SMILES string of the molecule is CCCC(C)(C)OOC[C](C)C. The zero-order valence-corrected chi connectivity index (χ0v) is 8.94. The van der Waals surface area contributed by atoms with E-state index >= 15 is 0 Å². The van der Waals surface area contributed by atoms with Gasteiger partial charge in [-0.1, -0.05) is 27.2 Å². The highest BCUT2D eigenvalue weighted by Gasteiger charge is 2.18. The van der Waals surface area contributed by atoms with Gasteiger partial charge >= 0.3 is 0 Å². The van der Waals surface area contributed by atoms with Gasteiger partial charge in [0, 0.05) is 0 Å². The van der Waals surface area contributed by atoms with Gasteiger partial charge < -0.3 is 0 Å². The van der Waals surface area contributed by atoms with E-state index in [2.05, 4.69) is 6.92 Å². The number of hydrogen-bond acceptors (Lipinski definition) is 2. The van der Waals surface area contributed by atoms with Crippen molar-refractivity contribution in [1.82, 2.24) is 0 Å². The average Bonchev–Trinajstić information content (AvgIpc) is 1.85. The Hall–Kier alpha value is -0.0800. The molecule has 0 aliphatic heterocycles. The molecule has 0 N–H and O–H groups in total. The van der Waals surface area contributed by atoms with Gasteiger partial charge in [-0.3, -0.25) is 0 Å². The van der Waals surface area contributed by atoms with Crippen LogP contribution < -0.4 is 0 Å². The van der Waals surface area contributed by atoms with Crippen molar-refractivity contribution < 1.29 is 9.78 Å². The molecular formula is C10H21O2. The molecule has 0 unspecified atom stereocenters. The Morgan fingerprint density at radius 1 is 1.25 bits per heavy atom. The first-order valence-corrected chi connectivity index (χ1v) is 4.57. The second-order valence-electron chi connectivity index (χ2n) is 4.06. The third-order valence-corrected chi connectivity index (χ3v) is 1.48. The van der Waals surface area contributed by atoms with Crippen molar-refractivity contribution in [2.24, 2.45) is 0 Å². The first-order valence-electron chi connectivity index (χ1n) is 4.57. The molecule has 0 fully saturated rings. The lowest BCUT2D eigenvalue weighted by Crippen LogP contribution is -2.24. The zero-order chi connectivity index (χ0) is 9.61. The molecule has 73 valence electrons. The van der Waals surface area contributed by atoms with Gasteiger partial charge in [-0.2, -0.15) is 0 Å². The van der Waals surface area contributed by atoms with E-state index in [0.717, 1.165) is 12.8 Å². The molecule has 0 aromatic rings. The Balaban J connectivity index is 3.46. The van der Waals surface area contributed by atoms with Gasteiger partial charge in [-0.25, -0.2) is 9.78 Å². The summed E-state index contributed by atoms with van der Waals surface area (Å²) in [5.41, 5.74) is -0.149. The summed E-state index contributed by atoms with van der Waals surface area (Å²) in [5, 5.41) is 0. The van der Waals surface area contributed by atoms with Crippen LogP contribution in [-0.2, 0) is 9.78 Å². The van der Waals surface area contributed by atoms with Gasteiger partial charge in [-0.05, 0) is 26.2 Å². The van der Waals surface area contributed by atoms with Crippen LogP contribution in [0.4, 0.5) is 0 Å². The van der Waals surface area contributed by atoms with Gasteiger partial charge in [-0.15, -0.1) is 0 Å². The second-order valence-corrected chi connectivity index (χ2v) is 4.06. The van der Waals surface area contributed by atoms with Crippen LogP contribution in [0.1, 0.15) is 47.5 Å². The van der Waals surface area contributed by atoms with E-state index < -0.39 is 0 Å². The van der Waals surface area contributed by atoms with Gasteiger partial charge in [0.1, 0.15) is 0 Å². The molecule has 2 heteroatoms. The molecule has 0 spiro atoms. The molecule has 0 aliphatic rings. The molecule has 0 atom stereocenters. The Kier molecular flexibility index (Phi) is 5.51. The van der Waals surface area contributed by atoms with E-state index in [1.807, 2.05) is 27.7 Å². The first kappa shape index (κ1) is 11.9. The van der Waals surface area contributed by atoms with Crippen LogP contribution >= 0.6 is 0 Å². The van der Waals surface area contributed by atoms with Crippen LogP contribution in [-0.4, -0.2) is 12.2 Å². The monoisotopic (exact) mass is 173 g/mol. The largest absolute Gasteiger partial charge is 0.236 e. The van der Waals surface area contributed by atoms with Crippen molar-refractivity contribution >= 4 is 0 Å². The molecule has 0 saturated carbocycles. The van der Waals surface area contributed by atoms with Crippen molar-refractivity contribution in [1.29, 1.82) is 0 Å². The fraction of sp³-hybridized carbons (Fsp3) is 0.900. The predicted molar refractivity (Wildman–Crippen MR) is 50.6 cm³/mol. The smallest absolute Gasteiger partial charge is 0.0980 e. The molecule has 1 radical (unpaired) electrons. The standard InChI is InChI=1S/C10H21O2/c1-6-7-10(4,5)12-11-8-9(2)3/h6-8H2,1-5H3. The summed E-state index contributed by atoms with van der Waals surface area (Å²) < 4.78 is 0. The lowest BCUT2D eigenvalue weighted by atomic mass is 10.0. The van der Waals surface area contributed by atoms with Gasteiger partial charge in [0.05, 0.1) is 12.2 Å². The van der Waals surface area contributed by atoms with Gasteiger partial charge in [0.15, 0.2) is 0 Å². The van der Waals surface area contributed by atoms with E-state index in [-0.39, 0.29) is 5.60 Å². The Morgan fingerprint density at radius 2 is 1.83 bits per heavy atom. The van der Waals surface area contributed by atoms with Crippen molar-refractivity contribution in [2.75, 3.05) is 6.61 Å². The summed E-state index contributed by atoms with van der Waals surface area (Å²) in [6.45, 7) is 10.9. The molecule has 0 aliphatic carbocycles. The summed E-state index contributed by atoms with van der Waals surface area (Å²) in [4.78, 5) is 10.3. The summed E-state index contributed by atoms with van der Waals surface area (Å²) >= 11 is 0. The second kappa shape index (κ2) is 5.55. The van der Waals surface area contributed by atoms with Crippen LogP contribution in [0.2, 0.25) is 0 Å². The molecule has 0 amide bonds. The minimum Gasteiger partial charge on any atom is -0.236 e. The third kappa shape index (κ3) is 6.62. The molecule has 0 rings (SSSR count). The van der Waals surface area contributed by atoms with Crippen LogP contribution in [0.25, 0.3) is 0 Å². The van der Waals surface area contributed by atoms with Crippen LogP contribution in [0.5, 0.6) is 0 Å². The maximum atomic E-state index is 5.26. The van der Waals surface area contributed by atoms with Gasteiger partial charge in [0.25, 0.3) is 0 Å². The van der Waals surface area contributed by atoms with E-state index in [9.17, 15) is 0 Å². The van der Waals surface area contributed by atoms with Crippen LogP contribution in [0.3, 0.4) is 0 Å². The van der Waals surface area contributed by atoms with Crippen LogP contribution in [0, 0.1) is 5.92 Å². The van der Waals surface area contributed by atoms with Crippen molar-refractivity contribution in [3.8, 4) is 0 Å². The molecule has 0 bridgehead atoms. The molecule has 0 heterocycles. The normalized spacial score (nSPS) is 12.5. The van der Waals surface area contributed by atoms with Gasteiger partial charge in [0.2, 0.25) is 0 Å². The predicted octanol–water partition coefficient (Wildman–Crippen LogP) is 3.13. The minimum atomic E-state index is -0.149. The van der Waals surface area contributed by atoms with E-state index in [0.29, 0.717) is 6.61 Å². The number of rotatable bonds is 6.